The zero-order valence-corrected chi connectivity index (χ0v) is 13.9. The van der Waals surface area contributed by atoms with E-state index in [1.54, 1.807) is 7.11 Å². The van der Waals surface area contributed by atoms with Gasteiger partial charge in [0.25, 0.3) is 0 Å². The SMILES string of the molecule is CCCOc1ccc(NCc2cc(OC)ccc2Br)cc1. The summed E-state index contributed by atoms with van der Waals surface area (Å²) in [6.45, 7) is 3.58. The van der Waals surface area contributed by atoms with Gasteiger partial charge in [0.1, 0.15) is 11.5 Å². The molecule has 2 aromatic carbocycles. The summed E-state index contributed by atoms with van der Waals surface area (Å²) in [5.74, 6) is 1.77. The average Bonchev–Trinajstić information content (AvgIpc) is 2.53. The molecule has 0 aliphatic rings. The summed E-state index contributed by atoms with van der Waals surface area (Å²) in [7, 11) is 1.68. The van der Waals surface area contributed by atoms with E-state index in [0.717, 1.165) is 46.8 Å². The minimum absolute atomic E-state index is 0.729. The van der Waals surface area contributed by atoms with Crippen molar-refractivity contribution in [2.75, 3.05) is 19.0 Å². The molecule has 0 radical (unpaired) electrons. The monoisotopic (exact) mass is 349 g/mol. The van der Waals surface area contributed by atoms with E-state index in [9.17, 15) is 0 Å². The van der Waals surface area contributed by atoms with Crippen LogP contribution in [0.1, 0.15) is 18.9 Å². The van der Waals surface area contributed by atoms with Crippen LogP contribution in [0.15, 0.2) is 46.9 Å². The third kappa shape index (κ3) is 4.67. The molecule has 21 heavy (non-hydrogen) atoms. The van der Waals surface area contributed by atoms with Crippen LogP contribution in [0, 0.1) is 0 Å². The van der Waals surface area contributed by atoms with Gasteiger partial charge in [-0.15, -0.1) is 0 Å². The van der Waals surface area contributed by atoms with Crippen LogP contribution in [0.2, 0.25) is 0 Å². The highest BCUT2D eigenvalue weighted by atomic mass is 79.9. The van der Waals surface area contributed by atoms with Gasteiger partial charge in [-0.1, -0.05) is 22.9 Å². The van der Waals surface area contributed by atoms with Crippen molar-refractivity contribution in [3.8, 4) is 11.5 Å². The summed E-state index contributed by atoms with van der Waals surface area (Å²) in [5.41, 5.74) is 2.22. The van der Waals surface area contributed by atoms with Crippen molar-refractivity contribution in [1.29, 1.82) is 0 Å². The maximum Gasteiger partial charge on any atom is 0.119 e. The van der Waals surface area contributed by atoms with Crippen molar-refractivity contribution in [3.63, 3.8) is 0 Å². The molecule has 0 saturated heterocycles. The lowest BCUT2D eigenvalue weighted by Gasteiger charge is -2.11. The number of benzene rings is 2. The highest BCUT2D eigenvalue weighted by Gasteiger charge is 2.02. The Morgan fingerprint density at radius 1 is 1.05 bits per heavy atom. The van der Waals surface area contributed by atoms with Gasteiger partial charge in [-0.05, 0) is 54.4 Å². The van der Waals surface area contributed by atoms with Crippen molar-refractivity contribution in [2.24, 2.45) is 0 Å². The van der Waals surface area contributed by atoms with Gasteiger partial charge in [-0.2, -0.15) is 0 Å². The standard InChI is InChI=1S/C17H20BrNO2/c1-3-10-21-15-6-4-14(5-7-15)19-12-13-11-16(20-2)8-9-17(13)18/h4-9,11,19H,3,10,12H2,1-2H3. The van der Waals surface area contributed by atoms with Crippen LogP contribution in [-0.4, -0.2) is 13.7 Å². The second kappa shape index (κ2) is 7.93. The third-order valence-electron chi connectivity index (χ3n) is 3.06. The lowest BCUT2D eigenvalue weighted by atomic mass is 10.2. The molecule has 112 valence electrons. The lowest BCUT2D eigenvalue weighted by molar-refractivity contribution is 0.317. The number of rotatable bonds is 7. The van der Waals surface area contributed by atoms with Crippen molar-refractivity contribution < 1.29 is 9.47 Å². The predicted molar refractivity (Wildman–Crippen MR) is 90.2 cm³/mol. The van der Waals surface area contributed by atoms with Crippen LogP contribution in [0.5, 0.6) is 11.5 Å². The van der Waals surface area contributed by atoms with E-state index < -0.39 is 0 Å². The average molecular weight is 350 g/mol. The van der Waals surface area contributed by atoms with E-state index in [-0.39, 0.29) is 0 Å². The number of methoxy groups -OCH3 is 1. The van der Waals surface area contributed by atoms with Crippen LogP contribution in [0.4, 0.5) is 5.69 Å². The number of nitrogens with one attached hydrogen (secondary N) is 1. The Morgan fingerprint density at radius 3 is 2.43 bits per heavy atom. The Kier molecular flexibility index (Phi) is 5.93. The molecule has 2 aromatic rings. The van der Waals surface area contributed by atoms with E-state index in [1.165, 1.54) is 0 Å². The second-order valence-electron chi connectivity index (χ2n) is 4.68. The summed E-state index contributed by atoms with van der Waals surface area (Å²) >= 11 is 3.56. The highest BCUT2D eigenvalue weighted by Crippen LogP contribution is 2.24. The molecule has 3 nitrogen and oxygen atoms in total. The quantitative estimate of drug-likeness (QED) is 0.774. The fourth-order valence-electron chi connectivity index (χ4n) is 1.90. The molecule has 1 N–H and O–H groups in total. The molecule has 2 rings (SSSR count). The van der Waals surface area contributed by atoms with Crippen LogP contribution in [0.25, 0.3) is 0 Å². The molecular weight excluding hydrogens is 330 g/mol. The lowest BCUT2D eigenvalue weighted by Crippen LogP contribution is -2.01. The highest BCUT2D eigenvalue weighted by molar-refractivity contribution is 9.10. The molecule has 0 saturated carbocycles. The van der Waals surface area contributed by atoms with Crippen LogP contribution < -0.4 is 14.8 Å². The number of ether oxygens (including phenoxy) is 2. The first-order chi connectivity index (χ1) is 10.2. The molecule has 0 heterocycles. The molecule has 0 fully saturated rings. The summed E-state index contributed by atoms with van der Waals surface area (Å²) in [6, 6.07) is 14.0. The smallest absolute Gasteiger partial charge is 0.119 e. The second-order valence-corrected chi connectivity index (χ2v) is 5.54. The van der Waals surface area contributed by atoms with Crippen molar-refractivity contribution in [3.05, 3.63) is 52.5 Å². The van der Waals surface area contributed by atoms with Gasteiger partial charge >= 0.3 is 0 Å². The van der Waals surface area contributed by atoms with Gasteiger partial charge in [0.05, 0.1) is 13.7 Å². The number of hydrogen-bond donors (Lipinski definition) is 1. The largest absolute Gasteiger partial charge is 0.497 e. The molecule has 0 amide bonds. The Labute approximate surface area is 134 Å². The third-order valence-corrected chi connectivity index (χ3v) is 3.84. The topological polar surface area (TPSA) is 30.5 Å². The van der Waals surface area contributed by atoms with Crippen LogP contribution >= 0.6 is 15.9 Å². The van der Waals surface area contributed by atoms with Gasteiger partial charge in [0, 0.05) is 16.7 Å². The Balaban J connectivity index is 1.96. The number of halogens is 1. The molecule has 0 bridgehead atoms. The molecule has 0 aliphatic heterocycles. The number of hydrogen-bond acceptors (Lipinski definition) is 3. The van der Waals surface area contributed by atoms with Gasteiger partial charge in [-0.3, -0.25) is 0 Å². The van der Waals surface area contributed by atoms with Gasteiger partial charge < -0.3 is 14.8 Å². The van der Waals surface area contributed by atoms with E-state index in [4.69, 9.17) is 9.47 Å². The Hall–Kier alpha value is -1.68. The molecule has 4 heteroatoms. The fraction of sp³-hybridized carbons (Fsp3) is 0.294. The summed E-state index contributed by atoms with van der Waals surface area (Å²) in [6.07, 6.45) is 1.02. The van der Waals surface area contributed by atoms with Crippen LogP contribution in [-0.2, 0) is 6.54 Å². The first kappa shape index (κ1) is 15.7. The predicted octanol–water partition coefficient (Wildman–Crippen LogP) is 4.86. The number of anilines is 1. The zero-order valence-electron chi connectivity index (χ0n) is 12.4. The van der Waals surface area contributed by atoms with Crippen molar-refractivity contribution >= 4 is 21.6 Å². The minimum Gasteiger partial charge on any atom is -0.497 e. The minimum atomic E-state index is 0.729. The summed E-state index contributed by atoms with van der Waals surface area (Å²) in [4.78, 5) is 0. The van der Waals surface area contributed by atoms with Gasteiger partial charge in [-0.25, -0.2) is 0 Å². The zero-order chi connectivity index (χ0) is 15.1. The van der Waals surface area contributed by atoms with Gasteiger partial charge in [0.15, 0.2) is 0 Å². The Morgan fingerprint density at radius 2 is 1.76 bits per heavy atom. The normalized spacial score (nSPS) is 10.2. The fourth-order valence-corrected chi connectivity index (χ4v) is 2.29. The molecule has 0 unspecified atom stereocenters. The van der Waals surface area contributed by atoms with E-state index in [0.29, 0.717) is 0 Å². The van der Waals surface area contributed by atoms with Gasteiger partial charge in [0.2, 0.25) is 0 Å². The Bertz CT molecular complexity index is 570. The summed E-state index contributed by atoms with van der Waals surface area (Å²) in [5, 5.41) is 3.40. The molecule has 0 spiro atoms. The van der Waals surface area contributed by atoms with Crippen molar-refractivity contribution in [1.82, 2.24) is 0 Å². The maximum atomic E-state index is 5.57. The molecule has 0 aliphatic carbocycles. The van der Waals surface area contributed by atoms with E-state index in [2.05, 4.69) is 28.2 Å². The molecule has 0 aromatic heterocycles. The first-order valence-electron chi connectivity index (χ1n) is 7.02. The van der Waals surface area contributed by atoms with E-state index in [1.807, 2.05) is 42.5 Å². The molecular formula is C17H20BrNO2. The first-order valence-corrected chi connectivity index (χ1v) is 7.81. The molecule has 0 atom stereocenters. The van der Waals surface area contributed by atoms with Crippen LogP contribution in [0.3, 0.4) is 0 Å². The van der Waals surface area contributed by atoms with E-state index >= 15 is 0 Å². The maximum absolute atomic E-state index is 5.57. The van der Waals surface area contributed by atoms with Crippen molar-refractivity contribution in [2.45, 2.75) is 19.9 Å². The summed E-state index contributed by atoms with van der Waals surface area (Å²) < 4.78 is 11.9.